The van der Waals surface area contributed by atoms with Crippen molar-refractivity contribution in [1.29, 1.82) is 0 Å². The standard InChI is InChI=1S/C19H27N5O.ClH/c1-13(14-7-5-4-6-8-14)22-19(2,3)12-21-18(25)17-15-11-20-10-9-16(15)23-24-17;/h4-8,13,20,22H,9-12H2,1-3H3,(H,21,25)(H,23,24);1H. The fourth-order valence-corrected chi connectivity index (χ4v) is 3.26. The van der Waals surface area contributed by atoms with Crippen molar-refractivity contribution in [3.63, 3.8) is 0 Å². The van der Waals surface area contributed by atoms with Gasteiger partial charge in [-0.25, -0.2) is 0 Å². The van der Waals surface area contributed by atoms with Crippen LogP contribution >= 0.6 is 12.4 Å². The maximum absolute atomic E-state index is 12.5. The molecule has 2 aromatic rings. The zero-order valence-corrected chi connectivity index (χ0v) is 16.4. The number of aromatic amines is 1. The smallest absolute Gasteiger partial charge is 0.272 e. The predicted molar refractivity (Wildman–Crippen MR) is 106 cm³/mol. The van der Waals surface area contributed by atoms with Crippen LogP contribution in [0.15, 0.2) is 30.3 Å². The van der Waals surface area contributed by atoms with E-state index in [4.69, 9.17) is 0 Å². The van der Waals surface area contributed by atoms with Gasteiger partial charge < -0.3 is 16.0 Å². The van der Waals surface area contributed by atoms with Gasteiger partial charge in [0.2, 0.25) is 0 Å². The fourth-order valence-electron chi connectivity index (χ4n) is 3.26. The first-order valence-electron chi connectivity index (χ1n) is 8.84. The van der Waals surface area contributed by atoms with Gasteiger partial charge in [-0.2, -0.15) is 5.10 Å². The van der Waals surface area contributed by atoms with E-state index < -0.39 is 0 Å². The summed E-state index contributed by atoms with van der Waals surface area (Å²) in [5.41, 5.74) is 3.56. The van der Waals surface area contributed by atoms with E-state index in [-0.39, 0.29) is 29.9 Å². The number of hydrogen-bond acceptors (Lipinski definition) is 4. The summed E-state index contributed by atoms with van der Waals surface area (Å²) in [6.45, 7) is 8.46. The van der Waals surface area contributed by atoms with E-state index in [1.807, 2.05) is 18.2 Å². The number of aromatic nitrogens is 2. The van der Waals surface area contributed by atoms with Crippen molar-refractivity contribution in [2.75, 3.05) is 13.1 Å². The summed E-state index contributed by atoms with van der Waals surface area (Å²) in [6.07, 6.45) is 0.886. The van der Waals surface area contributed by atoms with E-state index in [0.717, 1.165) is 24.2 Å². The zero-order valence-electron chi connectivity index (χ0n) is 15.6. The summed E-state index contributed by atoms with van der Waals surface area (Å²) in [5.74, 6) is -0.122. The molecule has 3 rings (SSSR count). The van der Waals surface area contributed by atoms with Crippen molar-refractivity contribution in [1.82, 2.24) is 26.1 Å². The van der Waals surface area contributed by atoms with Crippen molar-refractivity contribution < 1.29 is 4.79 Å². The van der Waals surface area contributed by atoms with E-state index in [0.29, 0.717) is 18.8 Å². The van der Waals surface area contributed by atoms with E-state index in [2.05, 4.69) is 59.1 Å². The molecule has 1 aliphatic rings. The van der Waals surface area contributed by atoms with Crippen LogP contribution in [0.5, 0.6) is 0 Å². The first-order valence-corrected chi connectivity index (χ1v) is 8.84. The average Bonchev–Trinajstić information content (AvgIpc) is 3.04. The number of carbonyl (C=O) groups is 1. The summed E-state index contributed by atoms with van der Waals surface area (Å²) < 4.78 is 0. The van der Waals surface area contributed by atoms with Crippen LogP contribution in [0.3, 0.4) is 0 Å². The Hall–Kier alpha value is -1.89. The number of amides is 1. The monoisotopic (exact) mass is 377 g/mol. The van der Waals surface area contributed by atoms with Gasteiger partial charge >= 0.3 is 0 Å². The summed E-state index contributed by atoms with van der Waals surface area (Å²) in [6, 6.07) is 10.5. The van der Waals surface area contributed by atoms with Crippen LogP contribution in [-0.2, 0) is 13.0 Å². The van der Waals surface area contributed by atoms with Crippen LogP contribution in [0, 0.1) is 0 Å². The quantitative estimate of drug-likeness (QED) is 0.622. The maximum atomic E-state index is 12.5. The lowest BCUT2D eigenvalue weighted by Gasteiger charge is -2.30. The maximum Gasteiger partial charge on any atom is 0.272 e. The third kappa shape index (κ3) is 4.84. The van der Waals surface area contributed by atoms with Gasteiger partial charge in [-0.3, -0.25) is 9.89 Å². The molecule has 142 valence electrons. The number of nitrogens with one attached hydrogen (secondary N) is 4. The van der Waals surface area contributed by atoms with Gasteiger partial charge in [0, 0.05) is 48.9 Å². The molecule has 4 N–H and O–H groups in total. The minimum atomic E-state index is -0.237. The lowest BCUT2D eigenvalue weighted by atomic mass is 10.0. The predicted octanol–water partition coefficient (Wildman–Crippen LogP) is 2.34. The van der Waals surface area contributed by atoms with Crippen LogP contribution < -0.4 is 16.0 Å². The molecule has 1 aliphatic heterocycles. The van der Waals surface area contributed by atoms with E-state index in [9.17, 15) is 4.79 Å². The highest BCUT2D eigenvalue weighted by Crippen LogP contribution is 2.17. The lowest BCUT2D eigenvalue weighted by Crippen LogP contribution is -2.50. The number of carbonyl (C=O) groups excluding carboxylic acids is 1. The van der Waals surface area contributed by atoms with Gasteiger partial charge in [-0.15, -0.1) is 12.4 Å². The van der Waals surface area contributed by atoms with Crippen LogP contribution in [0.25, 0.3) is 0 Å². The molecular formula is C19H28ClN5O. The molecular weight excluding hydrogens is 350 g/mol. The SMILES string of the molecule is CC(NC(C)(C)CNC(=O)c1n[nH]c2c1CNCC2)c1ccccc1.Cl. The number of fused-ring (bicyclic) bond motifs is 1. The van der Waals surface area contributed by atoms with Gasteiger partial charge in [-0.05, 0) is 26.3 Å². The second-order valence-electron chi connectivity index (χ2n) is 7.30. The Kier molecular flexibility index (Phi) is 6.81. The summed E-state index contributed by atoms with van der Waals surface area (Å²) in [4.78, 5) is 12.5. The topological polar surface area (TPSA) is 81.8 Å². The molecule has 0 saturated carbocycles. The molecule has 1 amide bonds. The van der Waals surface area contributed by atoms with Crippen LogP contribution in [0.2, 0.25) is 0 Å². The molecule has 6 nitrogen and oxygen atoms in total. The molecule has 0 fully saturated rings. The van der Waals surface area contributed by atoms with Gasteiger partial charge in [0.1, 0.15) is 0 Å². The minimum Gasteiger partial charge on any atom is -0.349 e. The van der Waals surface area contributed by atoms with E-state index in [1.54, 1.807) is 0 Å². The normalized spacial score (nSPS) is 14.9. The van der Waals surface area contributed by atoms with Gasteiger partial charge in [0.25, 0.3) is 5.91 Å². The number of benzene rings is 1. The summed E-state index contributed by atoms with van der Waals surface area (Å²) in [7, 11) is 0. The van der Waals surface area contributed by atoms with E-state index in [1.165, 1.54) is 5.56 Å². The molecule has 0 bridgehead atoms. The third-order valence-electron chi connectivity index (χ3n) is 4.62. The zero-order chi connectivity index (χ0) is 17.9. The number of nitrogens with zero attached hydrogens (tertiary/aromatic N) is 1. The summed E-state index contributed by atoms with van der Waals surface area (Å²) >= 11 is 0. The molecule has 0 saturated heterocycles. The lowest BCUT2D eigenvalue weighted by molar-refractivity contribution is 0.0934. The van der Waals surface area contributed by atoms with Gasteiger partial charge in [-0.1, -0.05) is 30.3 Å². The molecule has 2 heterocycles. The number of hydrogen-bond donors (Lipinski definition) is 4. The highest BCUT2D eigenvalue weighted by molar-refractivity contribution is 5.94. The molecule has 1 aromatic carbocycles. The highest BCUT2D eigenvalue weighted by Gasteiger charge is 2.25. The van der Waals surface area contributed by atoms with Crippen LogP contribution in [0.1, 0.15) is 54.1 Å². The third-order valence-corrected chi connectivity index (χ3v) is 4.62. The molecule has 7 heteroatoms. The minimum absolute atomic E-state index is 0. The van der Waals surface area contributed by atoms with Crippen molar-refractivity contribution in [2.24, 2.45) is 0 Å². The molecule has 1 atom stereocenters. The van der Waals surface area contributed by atoms with Crippen molar-refractivity contribution in [2.45, 2.75) is 45.3 Å². The number of H-pyrrole nitrogens is 1. The Bertz CT molecular complexity index is 729. The molecule has 1 aromatic heterocycles. The molecule has 26 heavy (non-hydrogen) atoms. The van der Waals surface area contributed by atoms with Crippen LogP contribution in [0.4, 0.5) is 0 Å². The van der Waals surface area contributed by atoms with Crippen molar-refractivity contribution in [3.05, 3.63) is 52.8 Å². The summed E-state index contributed by atoms with van der Waals surface area (Å²) in [5, 5.41) is 17.1. The Morgan fingerprint density at radius 3 is 2.77 bits per heavy atom. The molecule has 0 radical (unpaired) electrons. The Morgan fingerprint density at radius 2 is 2.04 bits per heavy atom. The average molecular weight is 378 g/mol. The van der Waals surface area contributed by atoms with Crippen molar-refractivity contribution in [3.8, 4) is 0 Å². The largest absolute Gasteiger partial charge is 0.349 e. The second kappa shape index (κ2) is 8.66. The second-order valence-corrected chi connectivity index (χ2v) is 7.30. The Balaban J connectivity index is 0.00000243. The number of rotatable bonds is 6. The molecule has 1 unspecified atom stereocenters. The van der Waals surface area contributed by atoms with Gasteiger partial charge in [0.05, 0.1) is 0 Å². The first kappa shape index (κ1) is 20.4. The first-order chi connectivity index (χ1) is 12.0. The van der Waals surface area contributed by atoms with Crippen LogP contribution in [-0.4, -0.2) is 34.7 Å². The Labute approximate surface area is 160 Å². The fraction of sp³-hybridized carbons (Fsp3) is 0.474. The number of halogens is 1. The van der Waals surface area contributed by atoms with Crippen molar-refractivity contribution >= 4 is 18.3 Å². The molecule has 0 spiro atoms. The highest BCUT2D eigenvalue weighted by atomic mass is 35.5. The van der Waals surface area contributed by atoms with Gasteiger partial charge in [0.15, 0.2) is 5.69 Å². The Morgan fingerprint density at radius 1 is 1.31 bits per heavy atom. The molecule has 0 aliphatic carbocycles. The van der Waals surface area contributed by atoms with E-state index >= 15 is 0 Å².